The van der Waals surface area contributed by atoms with Crippen LogP contribution < -0.4 is 4.74 Å². The van der Waals surface area contributed by atoms with Crippen LogP contribution in [-0.4, -0.2) is 6.10 Å². The predicted molar refractivity (Wildman–Crippen MR) is 58.8 cm³/mol. The molecule has 1 fully saturated rings. The van der Waals surface area contributed by atoms with Gasteiger partial charge in [-0.2, -0.15) is 0 Å². The van der Waals surface area contributed by atoms with E-state index in [2.05, 4.69) is 38.1 Å². The number of rotatable bonds is 3. The van der Waals surface area contributed by atoms with Crippen molar-refractivity contribution >= 4 is 0 Å². The van der Waals surface area contributed by atoms with Crippen LogP contribution in [0.3, 0.4) is 0 Å². The highest BCUT2D eigenvalue weighted by Crippen LogP contribution is 2.27. The number of hydrogen-bond donors (Lipinski definition) is 0. The van der Waals surface area contributed by atoms with E-state index in [1.54, 1.807) is 0 Å². The average molecular weight is 190 g/mol. The molecule has 0 heterocycles. The summed E-state index contributed by atoms with van der Waals surface area (Å²) in [7, 11) is 0. The van der Waals surface area contributed by atoms with Crippen LogP contribution in [0.1, 0.15) is 44.6 Å². The summed E-state index contributed by atoms with van der Waals surface area (Å²) >= 11 is 0. The van der Waals surface area contributed by atoms with Crippen LogP contribution in [-0.2, 0) is 0 Å². The zero-order valence-electron chi connectivity index (χ0n) is 8.99. The van der Waals surface area contributed by atoms with E-state index in [1.807, 2.05) is 0 Å². The monoisotopic (exact) mass is 190 g/mol. The molecule has 1 aromatic carbocycles. The minimum Gasteiger partial charge on any atom is -0.490 e. The topological polar surface area (TPSA) is 9.23 Å². The maximum Gasteiger partial charge on any atom is 0.119 e. The molecule has 76 valence electrons. The molecule has 1 nitrogen and oxygen atoms in total. The van der Waals surface area contributed by atoms with Gasteiger partial charge in [0.1, 0.15) is 5.75 Å². The van der Waals surface area contributed by atoms with E-state index in [0.29, 0.717) is 12.0 Å². The summed E-state index contributed by atoms with van der Waals surface area (Å²) < 4.78 is 5.84. The Morgan fingerprint density at radius 1 is 1.29 bits per heavy atom. The molecule has 0 atom stereocenters. The summed E-state index contributed by atoms with van der Waals surface area (Å²) in [6, 6.07) is 8.48. The van der Waals surface area contributed by atoms with Crippen molar-refractivity contribution in [3.8, 4) is 5.75 Å². The summed E-state index contributed by atoms with van der Waals surface area (Å²) in [5.41, 5.74) is 1.36. The second kappa shape index (κ2) is 4.04. The molecule has 1 aliphatic carbocycles. The number of hydrogen-bond acceptors (Lipinski definition) is 1. The molecule has 0 amide bonds. The maximum absolute atomic E-state index is 5.84. The lowest BCUT2D eigenvalue weighted by Crippen LogP contribution is -2.24. The Labute approximate surface area is 86.1 Å². The van der Waals surface area contributed by atoms with Gasteiger partial charge >= 0.3 is 0 Å². The van der Waals surface area contributed by atoms with Gasteiger partial charge in [0.2, 0.25) is 0 Å². The van der Waals surface area contributed by atoms with E-state index in [9.17, 15) is 0 Å². The molecule has 0 aliphatic heterocycles. The Bertz CT molecular complexity index is 300. The van der Waals surface area contributed by atoms with E-state index in [1.165, 1.54) is 24.8 Å². The molecular formula is C13H18O. The van der Waals surface area contributed by atoms with Crippen LogP contribution in [0.25, 0.3) is 0 Å². The fourth-order valence-corrected chi connectivity index (χ4v) is 1.63. The third-order valence-electron chi connectivity index (χ3n) is 2.88. The fraction of sp³-hybridized carbons (Fsp3) is 0.538. The summed E-state index contributed by atoms with van der Waals surface area (Å²) in [5, 5.41) is 0. The Hall–Kier alpha value is -0.980. The summed E-state index contributed by atoms with van der Waals surface area (Å²) in [6.45, 7) is 4.42. The second-order valence-electron chi connectivity index (χ2n) is 4.40. The molecule has 1 aliphatic rings. The first kappa shape index (κ1) is 9.57. The first-order valence-corrected chi connectivity index (χ1v) is 5.52. The minimum absolute atomic E-state index is 0.484. The van der Waals surface area contributed by atoms with E-state index >= 15 is 0 Å². The highest BCUT2D eigenvalue weighted by Gasteiger charge is 2.18. The van der Waals surface area contributed by atoms with E-state index in [0.717, 1.165) is 5.75 Å². The molecule has 0 N–H and O–H groups in total. The first-order chi connectivity index (χ1) is 6.75. The van der Waals surface area contributed by atoms with Gasteiger partial charge in [-0.15, -0.1) is 0 Å². The highest BCUT2D eigenvalue weighted by atomic mass is 16.5. The molecule has 0 aromatic heterocycles. The van der Waals surface area contributed by atoms with Crippen molar-refractivity contribution in [3.05, 3.63) is 29.8 Å². The van der Waals surface area contributed by atoms with Gasteiger partial charge in [0.15, 0.2) is 0 Å². The summed E-state index contributed by atoms with van der Waals surface area (Å²) in [5.74, 6) is 1.63. The number of ether oxygens (including phenoxy) is 1. The van der Waals surface area contributed by atoms with Gasteiger partial charge in [0, 0.05) is 0 Å². The Morgan fingerprint density at radius 3 is 2.64 bits per heavy atom. The molecule has 0 unspecified atom stereocenters. The standard InChI is InChI=1S/C13H18O/c1-10(2)11-5-3-8-13(9-11)14-12-6-4-7-12/h3,5,8-10,12H,4,6-7H2,1-2H3. The molecular weight excluding hydrogens is 172 g/mol. The van der Waals surface area contributed by atoms with Crippen molar-refractivity contribution in [1.29, 1.82) is 0 Å². The van der Waals surface area contributed by atoms with Crippen molar-refractivity contribution in [2.45, 2.75) is 45.1 Å². The quantitative estimate of drug-likeness (QED) is 0.705. The SMILES string of the molecule is CC(C)c1cccc(OC2CCC2)c1. The van der Waals surface area contributed by atoms with Crippen molar-refractivity contribution in [3.63, 3.8) is 0 Å². The maximum atomic E-state index is 5.84. The molecule has 0 saturated heterocycles. The molecule has 1 saturated carbocycles. The third-order valence-corrected chi connectivity index (χ3v) is 2.88. The smallest absolute Gasteiger partial charge is 0.119 e. The van der Waals surface area contributed by atoms with Gasteiger partial charge in [-0.25, -0.2) is 0 Å². The lowest BCUT2D eigenvalue weighted by Gasteiger charge is -2.26. The molecule has 0 radical (unpaired) electrons. The lowest BCUT2D eigenvalue weighted by atomic mass is 9.96. The minimum atomic E-state index is 0.484. The van der Waals surface area contributed by atoms with Crippen LogP contribution in [0.4, 0.5) is 0 Å². The largest absolute Gasteiger partial charge is 0.490 e. The molecule has 1 aromatic rings. The molecule has 0 bridgehead atoms. The normalized spacial score (nSPS) is 16.8. The fourth-order valence-electron chi connectivity index (χ4n) is 1.63. The Morgan fingerprint density at radius 2 is 2.07 bits per heavy atom. The van der Waals surface area contributed by atoms with Crippen LogP contribution >= 0.6 is 0 Å². The third kappa shape index (κ3) is 2.09. The second-order valence-corrected chi connectivity index (χ2v) is 4.40. The van der Waals surface area contributed by atoms with Gasteiger partial charge in [-0.3, -0.25) is 0 Å². The summed E-state index contributed by atoms with van der Waals surface area (Å²) in [4.78, 5) is 0. The van der Waals surface area contributed by atoms with Crippen LogP contribution in [0.15, 0.2) is 24.3 Å². The lowest BCUT2D eigenvalue weighted by molar-refractivity contribution is 0.120. The summed E-state index contributed by atoms with van der Waals surface area (Å²) in [6.07, 6.45) is 4.27. The Kier molecular flexibility index (Phi) is 2.76. The highest BCUT2D eigenvalue weighted by molar-refractivity contribution is 5.30. The van der Waals surface area contributed by atoms with Gasteiger partial charge in [0.25, 0.3) is 0 Å². The van der Waals surface area contributed by atoms with Gasteiger partial charge in [0.05, 0.1) is 6.10 Å². The van der Waals surface area contributed by atoms with Crippen molar-refractivity contribution in [2.75, 3.05) is 0 Å². The van der Waals surface area contributed by atoms with Crippen LogP contribution in [0.5, 0.6) is 5.75 Å². The zero-order valence-corrected chi connectivity index (χ0v) is 8.99. The first-order valence-electron chi connectivity index (χ1n) is 5.52. The van der Waals surface area contributed by atoms with Gasteiger partial charge < -0.3 is 4.74 Å². The van der Waals surface area contributed by atoms with Gasteiger partial charge in [-0.05, 0) is 42.9 Å². The van der Waals surface area contributed by atoms with Crippen molar-refractivity contribution in [2.24, 2.45) is 0 Å². The van der Waals surface area contributed by atoms with E-state index < -0.39 is 0 Å². The van der Waals surface area contributed by atoms with Gasteiger partial charge in [-0.1, -0.05) is 26.0 Å². The predicted octanol–water partition coefficient (Wildman–Crippen LogP) is 3.74. The molecule has 0 spiro atoms. The molecule has 14 heavy (non-hydrogen) atoms. The molecule has 1 heteroatoms. The molecule has 2 rings (SSSR count). The van der Waals surface area contributed by atoms with Crippen molar-refractivity contribution < 1.29 is 4.74 Å². The number of benzene rings is 1. The van der Waals surface area contributed by atoms with Crippen molar-refractivity contribution in [1.82, 2.24) is 0 Å². The zero-order chi connectivity index (χ0) is 9.97. The van der Waals surface area contributed by atoms with E-state index in [-0.39, 0.29) is 0 Å². The van der Waals surface area contributed by atoms with E-state index in [4.69, 9.17) is 4.74 Å². The van der Waals surface area contributed by atoms with Crippen LogP contribution in [0, 0.1) is 0 Å². The average Bonchev–Trinajstić information content (AvgIpc) is 2.12. The van der Waals surface area contributed by atoms with Crippen LogP contribution in [0.2, 0.25) is 0 Å². The Balaban J connectivity index is 2.05.